The Morgan fingerprint density at radius 3 is 2.60 bits per heavy atom. The van der Waals surface area contributed by atoms with Gasteiger partial charge in [-0.1, -0.05) is 37.3 Å². The van der Waals surface area contributed by atoms with Gasteiger partial charge in [-0.2, -0.15) is 5.06 Å². The smallest absolute Gasteiger partial charge is 0.239 e. The van der Waals surface area contributed by atoms with Gasteiger partial charge in [0.05, 0.1) is 0 Å². The highest BCUT2D eigenvalue weighted by Crippen LogP contribution is 2.12. The molecule has 0 unspecified atom stereocenters. The molecule has 0 fully saturated rings. The Morgan fingerprint density at radius 2 is 2.07 bits per heavy atom. The van der Waals surface area contributed by atoms with Gasteiger partial charge in [0.15, 0.2) is 0 Å². The monoisotopic (exact) mass is 225 g/mol. The maximum absolute atomic E-state index is 10.4. The van der Waals surface area contributed by atoms with Crippen molar-refractivity contribution in [2.45, 2.75) is 26.3 Å². The Morgan fingerprint density at radius 1 is 1.40 bits per heavy atom. The van der Waals surface area contributed by atoms with E-state index in [2.05, 4.69) is 19.1 Å². The van der Waals surface area contributed by atoms with Gasteiger partial charge in [0, 0.05) is 12.6 Å². The number of benzene rings is 1. The van der Waals surface area contributed by atoms with Crippen molar-refractivity contribution < 1.29 is 9.19 Å². The molecule has 0 aliphatic heterocycles. The predicted octanol–water partition coefficient (Wildman–Crippen LogP) is 3.08. The van der Waals surface area contributed by atoms with E-state index in [4.69, 9.17) is 4.62 Å². The molecule has 0 bridgehead atoms. The lowest BCUT2D eigenvalue weighted by Gasteiger charge is -2.23. The van der Waals surface area contributed by atoms with E-state index >= 15 is 0 Å². The average molecular weight is 225 g/mol. The van der Waals surface area contributed by atoms with Crippen molar-refractivity contribution >= 4 is 8.69 Å². The van der Waals surface area contributed by atoms with E-state index in [0.29, 0.717) is 0 Å². The summed E-state index contributed by atoms with van der Waals surface area (Å²) in [4.78, 5) is 0. The first-order chi connectivity index (χ1) is 7.27. The minimum absolute atomic E-state index is 0.221. The lowest BCUT2D eigenvalue weighted by Crippen LogP contribution is -2.32. The number of likely N-dealkylation sites (N-methyl/N-ethyl adjacent to an activating group) is 1. The molecular formula is C11H16NO2P. The van der Waals surface area contributed by atoms with E-state index in [1.165, 1.54) is 5.56 Å². The zero-order valence-electron chi connectivity index (χ0n) is 9.09. The second kappa shape index (κ2) is 6.67. The Hall–Kier alpha value is -0.760. The first-order valence-electron chi connectivity index (χ1n) is 5.08. The standard InChI is InChI=1S/C11H16NO2P/c1-3-12(14-15-13)10(2)9-11-7-5-4-6-8-11/h4-8,10H,3,9H2,1-2H3/t10-/m0/s1. The van der Waals surface area contributed by atoms with Gasteiger partial charge < -0.3 is 0 Å². The third kappa shape index (κ3) is 4.08. The fourth-order valence-electron chi connectivity index (χ4n) is 1.55. The molecule has 0 saturated carbocycles. The molecule has 0 aliphatic rings. The van der Waals surface area contributed by atoms with Gasteiger partial charge >= 0.3 is 8.69 Å². The molecule has 0 saturated heterocycles. The van der Waals surface area contributed by atoms with Crippen molar-refractivity contribution in [3.05, 3.63) is 35.9 Å². The summed E-state index contributed by atoms with van der Waals surface area (Å²) in [5.41, 5.74) is 1.26. The Bertz CT molecular complexity index is 292. The van der Waals surface area contributed by atoms with Crippen LogP contribution in [0.15, 0.2) is 30.3 Å². The second-order valence-electron chi connectivity index (χ2n) is 3.43. The molecule has 1 atom stereocenters. The van der Waals surface area contributed by atoms with Crippen molar-refractivity contribution in [1.29, 1.82) is 0 Å². The summed E-state index contributed by atoms with van der Waals surface area (Å²) in [5.74, 6) is 0. The maximum atomic E-state index is 10.4. The molecule has 0 spiro atoms. The molecule has 0 radical (unpaired) electrons. The van der Waals surface area contributed by atoms with Crippen LogP contribution < -0.4 is 0 Å². The molecule has 1 aromatic rings. The average Bonchev–Trinajstić information content (AvgIpc) is 2.27. The summed E-state index contributed by atoms with van der Waals surface area (Å²) < 4.78 is 15.3. The highest BCUT2D eigenvalue weighted by Gasteiger charge is 2.13. The van der Waals surface area contributed by atoms with Gasteiger partial charge in [-0.05, 0) is 18.9 Å². The summed E-state index contributed by atoms with van der Waals surface area (Å²) in [7, 11) is -0.288. The van der Waals surface area contributed by atoms with Crippen LogP contribution in [0, 0.1) is 0 Å². The largest absolute Gasteiger partial charge is 0.346 e. The molecule has 0 heterocycles. The number of hydroxylamine groups is 2. The third-order valence-electron chi connectivity index (χ3n) is 2.32. The molecule has 0 N–H and O–H groups in total. The zero-order chi connectivity index (χ0) is 11.1. The lowest BCUT2D eigenvalue weighted by atomic mass is 10.1. The second-order valence-corrected chi connectivity index (χ2v) is 3.74. The molecule has 1 aromatic carbocycles. The van der Waals surface area contributed by atoms with Crippen LogP contribution in [0.1, 0.15) is 19.4 Å². The first kappa shape index (κ1) is 12.3. The van der Waals surface area contributed by atoms with Crippen molar-refractivity contribution in [2.75, 3.05) is 6.54 Å². The van der Waals surface area contributed by atoms with E-state index in [1.807, 2.05) is 25.1 Å². The van der Waals surface area contributed by atoms with E-state index < -0.39 is 0 Å². The number of nitrogens with zero attached hydrogens (tertiary/aromatic N) is 1. The SMILES string of the molecule is CCN(OP=O)[C@@H](C)Cc1ccccc1. The maximum Gasteiger partial charge on any atom is 0.346 e. The van der Waals surface area contributed by atoms with Crippen LogP contribution in [0.25, 0.3) is 0 Å². The summed E-state index contributed by atoms with van der Waals surface area (Å²) in [6.07, 6.45) is 0.893. The first-order valence-corrected chi connectivity index (χ1v) is 5.81. The summed E-state index contributed by atoms with van der Waals surface area (Å²) in [6, 6.07) is 10.4. The van der Waals surface area contributed by atoms with Crippen molar-refractivity contribution in [2.24, 2.45) is 0 Å². The van der Waals surface area contributed by atoms with E-state index in [-0.39, 0.29) is 14.7 Å². The number of rotatable bonds is 6. The Kier molecular flexibility index (Phi) is 5.48. The molecule has 82 valence electrons. The fraction of sp³-hybridized carbons (Fsp3) is 0.455. The van der Waals surface area contributed by atoms with Gasteiger partial charge in [0.1, 0.15) is 0 Å². The van der Waals surface area contributed by atoms with Gasteiger partial charge in [-0.25, -0.2) is 9.19 Å². The van der Waals surface area contributed by atoms with Crippen molar-refractivity contribution in [3.8, 4) is 0 Å². The zero-order valence-corrected chi connectivity index (χ0v) is 9.98. The molecule has 0 aromatic heterocycles. The molecule has 15 heavy (non-hydrogen) atoms. The molecule has 0 aliphatic carbocycles. The van der Waals surface area contributed by atoms with Crippen LogP contribution in [-0.2, 0) is 15.6 Å². The molecule has 0 amide bonds. The van der Waals surface area contributed by atoms with Crippen LogP contribution >= 0.6 is 8.69 Å². The van der Waals surface area contributed by atoms with E-state index in [9.17, 15) is 4.57 Å². The number of hydrogen-bond donors (Lipinski definition) is 0. The third-order valence-corrected chi connectivity index (χ3v) is 2.59. The van der Waals surface area contributed by atoms with Crippen LogP contribution in [0.3, 0.4) is 0 Å². The topological polar surface area (TPSA) is 29.5 Å². The Labute approximate surface area is 92.3 Å². The molecular weight excluding hydrogens is 209 g/mol. The lowest BCUT2D eigenvalue weighted by molar-refractivity contribution is -0.0743. The van der Waals surface area contributed by atoms with Crippen molar-refractivity contribution in [1.82, 2.24) is 5.06 Å². The van der Waals surface area contributed by atoms with Gasteiger partial charge in [0.2, 0.25) is 0 Å². The van der Waals surface area contributed by atoms with Gasteiger partial charge in [0.25, 0.3) is 0 Å². The van der Waals surface area contributed by atoms with Crippen LogP contribution in [-0.4, -0.2) is 17.6 Å². The quantitative estimate of drug-likeness (QED) is 0.550. The molecule has 1 rings (SSSR count). The van der Waals surface area contributed by atoms with Crippen LogP contribution in [0.4, 0.5) is 0 Å². The minimum atomic E-state index is -0.288. The fourth-order valence-corrected chi connectivity index (χ4v) is 1.91. The summed E-state index contributed by atoms with van der Waals surface area (Å²) >= 11 is 0. The van der Waals surface area contributed by atoms with E-state index in [0.717, 1.165) is 13.0 Å². The highest BCUT2D eigenvalue weighted by atomic mass is 31.1. The summed E-state index contributed by atoms with van der Waals surface area (Å²) in [5, 5.41) is 1.72. The molecule has 4 heteroatoms. The Balaban J connectivity index is 2.53. The van der Waals surface area contributed by atoms with Gasteiger partial charge in [-0.3, -0.25) is 0 Å². The summed E-state index contributed by atoms with van der Waals surface area (Å²) in [6.45, 7) is 4.76. The van der Waals surface area contributed by atoms with Gasteiger partial charge in [-0.15, -0.1) is 0 Å². The normalized spacial score (nSPS) is 13.3. The number of hydrogen-bond acceptors (Lipinski definition) is 3. The van der Waals surface area contributed by atoms with Crippen LogP contribution in [0.2, 0.25) is 0 Å². The van der Waals surface area contributed by atoms with Crippen molar-refractivity contribution in [3.63, 3.8) is 0 Å². The minimum Gasteiger partial charge on any atom is -0.239 e. The van der Waals surface area contributed by atoms with E-state index in [1.54, 1.807) is 5.06 Å². The highest BCUT2D eigenvalue weighted by molar-refractivity contribution is 7.17. The predicted molar refractivity (Wildman–Crippen MR) is 60.7 cm³/mol. The molecule has 3 nitrogen and oxygen atoms in total. The van der Waals surface area contributed by atoms with Crippen LogP contribution in [0.5, 0.6) is 0 Å².